The summed E-state index contributed by atoms with van der Waals surface area (Å²) in [5.74, 6) is 0. The van der Waals surface area contributed by atoms with E-state index in [1.54, 1.807) is 13.1 Å². The highest BCUT2D eigenvalue weighted by Gasteiger charge is 2.25. The van der Waals surface area contributed by atoms with E-state index in [0.29, 0.717) is 17.1 Å². The summed E-state index contributed by atoms with van der Waals surface area (Å²) < 4.78 is 26.3. The summed E-state index contributed by atoms with van der Waals surface area (Å²) in [6.07, 6.45) is 2.83. The quantitative estimate of drug-likeness (QED) is 0.776. The number of hydrogen-bond donors (Lipinski definition) is 1. The molecule has 0 radical (unpaired) electrons. The van der Waals surface area contributed by atoms with E-state index in [9.17, 15) is 8.42 Å². The molecule has 0 bridgehead atoms. The third kappa shape index (κ3) is 4.09. The van der Waals surface area contributed by atoms with Gasteiger partial charge in [0.15, 0.2) is 0 Å². The van der Waals surface area contributed by atoms with Gasteiger partial charge in [0.2, 0.25) is 10.0 Å². The summed E-state index contributed by atoms with van der Waals surface area (Å²) in [6, 6.07) is 2.95. The zero-order valence-electron chi connectivity index (χ0n) is 11.7. The molecule has 0 heterocycles. The van der Waals surface area contributed by atoms with Crippen molar-refractivity contribution in [3.05, 3.63) is 27.7 Å². The number of sulfonamides is 1. The van der Waals surface area contributed by atoms with Crippen LogP contribution in [0.2, 0.25) is 10.0 Å². The van der Waals surface area contributed by atoms with Crippen LogP contribution in [0.3, 0.4) is 0 Å². The number of halogens is 2. The minimum Gasteiger partial charge on any atom is -0.326 e. The first-order valence-corrected chi connectivity index (χ1v) is 8.68. The smallest absolute Gasteiger partial charge is 0.244 e. The van der Waals surface area contributed by atoms with Crippen molar-refractivity contribution in [2.45, 2.75) is 37.6 Å². The second kappa shape index (κ2) is 7.61. The molecule has 4 nitrogen and oxygen atoms in total. The van der Waals surface area contributed by atoms with Crippen molar-refractivity contribution in [3.8, 4) is 0 Å². The summed E-state index contributed by atoms with van der Waals surface area (Å²) >= 11 is 12.1. The molecule has 1 aromatic rings. The van der Waals surface area contributed by atoms with Crippen LogP contribution < -0.4 is 5.73 Å². The molecule has 0 unspecified atom stereocenters. The van der Waals surface area contributed by atoms with Crippen LogP contribution in [-0.4, -0.2) is 26.3 Å². The first kappa shape index (κ1) is 17.7. The van der Waals surface area contributed by atoms with Crippen molar-refractivity contribution < 1.29 is 8.42 Å². The molecular formula is C13H20Cl2N2O2S. The lowest BCUT2D eigenvalue weighted by atomic mass is 10.2. The van der Waals surface area contributed by atoms with E-state index in [1.165, 1.54) is 10.4 Å². The van der Waals surface area contributed by atoms with Gasteiger partial charge in [-0.3, -0.25) is 0 Å². The number of nitrogens with zero attached hydrogens (tertiary/aromatic N) is 1. The fourth-order valence-electron chi connectivity index (χ4n) is 1.83. The van der Waals surface area contributed by atoms with Crippen LogP contribution in [0.4, 0.5) is 0 Å². The maximum Gasteiger partial charge on any atom is 0.244 e. The van der Waals surface area contributed by atoms with E-state index in [-0.39, 0.29) is 16.5 Å². The lowest BCUT2D eigenvalue weighted by Crippen LogP contribution is -2.28. The standard InChI is InChI=1S/C13H20Cl2N2O2S/c1-3-4-5-6-17(2)20(18,19)12-8-11(14)7-10(9-16)13(12)15/h7-8H,3-6,9,16H2,1-2H3. The zero-order valence-corrected chi connectivity index (χ0v) is 14.0. The first-order valence-electron chi connectivity index (χ1n) is 6.49. The molecule has 0 aliphatic carbocycles. The minimum absolute atomic E-state index is 0.0196. The summed E-state index contributed by atoms with van der Waals surface area (Å²) in [5.41, 5.74) is 6.08. The van der Waals surface area contributed by atoms with Crippen molar-refractivity contribution in [2.75, 3.05) is 13.6 Å². The van der Waals surface area contributed by atoms with Gasteiger partial charge in [-0.25, -0.2) is 12.7 Å². The summed E-state index contributed by atoms with van der Waals surface area (Å²) in [5, 5.41) is 0.467. The highest BCUT2D eigenvalue weighted by molar-refractivity contribution is 7.89. The Morgan fingerprint density at radius 2 is 1.90 bits per heavy atom. The second-order valence-corrected chi connectivity index (χ2v) is 7.44. The Bertz CT molecular complexity index is 562. The molecule has 0 spiro atoms. The molecule has 0 fully saturated rings. The third-order valence-corrected chi connectivity index (χ3v) is 5.72. The molecule has 20 heavy (non-hydrogen) atoms. The van der Waals surface area contributed by atoms with E-state index in [1.807, 2.05) is 0 Å². The average Bonchev–Trinajstić information content (AvgIpc) is 2.40. The van der Waals surface area contributed by atoms with Crippen molar-refractivity contribution in [3.63, 3.8) is 0 Å². The molecule has 1 rings (SSSR count). The first-order chi connectivity index (χ1) is 9.34. The Labute approximate surface area is 130 Å². The lowest BCUT2D eigenvalue weighted by molar-refractivity contribution is 0.454. The number of rotatable bonds is 7. The minimum atomic E-state index is -3.64. The van der Waals surface area contributed by atoms with Gasteiger partial charge in [0.25, 0.3) is 0 Å². The Hall–Kier alpha value is -0.330. The largest absolute Gasteiger partial charge is 0.326 e. The number of hydrogen-bond acceptors (Lipinski definition) is 3. The summed E-state index contributed by atoms with van der Waals surface area (Å²) in [4.78, 5) is 0.0196. The summed E-state index contributed by atoms with van der Waals surface area (Å²) in [6.45, 7) is 2.66. The zero-order chi connectivity index (χ0) is 15.3. The maximum absolute atomic E-state index is 12.5. The normalized spacial score (nSPS) is 12.1. The molecule has 0 saturated carbocycles. The second-order valence-electron chi connectivity index (χ2n) is 4.61. The van der Waals surface area contributed by atoms with Gasteiger partial charge >= 0.3 is 0 Å². The molecule has 2 N–H and O–H groups in total. The fraction of sp³-hybridized carbons (Fsp3) is 0.538. The molecule has 0 amide bonds. The van der Waals surface area contributed by atoms with Crippen molar-refractivity contribution in [2.24, 2.45) is 5.73 Å². The van der Waals surface area contributed by atoms with Gasteiger partial charge in [-0.15, -0.1) is 0 Å². The molecule has 0 aliphatic rings. The molecule has 0 atom stereocenters. The molecule has 0 aliphatic heterocycles. The lowest BCUT2D eigenvalue weighted by Gasteiger charge is -2.19. The van der Waals surface area contributed by atoms with Crippen LogP contribution >= 0.6 is 23.2 Å². The molecule has 114 valence electrons. The Balaban J connectivity index is 3.12. The molecular weight excluding hydrogens is 319 g/mol. The van der Waals surface area contributed by atoms with Crippen molar-refractivity contribution in [1.29, 1.82) is 0 Å². The molecule has 1 aromatic carbocycles. The van der Waals surface area contributed by atoms with Gasteiger partial charge in [0.1, 0.15) is 4.90 Å². The average molecular weight is 339 g/mol. The fourth-order valence-corrected chi connectivity index (χ4v) is 3.95. The molecule has 0 saturated heterocycles. The monoisotopic (exact) mass is 338 g/mol. The van der Waals surface area contributed by atoms with Crippen LogP contribution in [0.1, 0.15) is 31.7 Å². The van der Waals surface area contributed by atoms with E-state index in [4.69, 9.17) is 28.9 Å². The van der Waals surface area contributed by atoms with Crippen LogP contribution in [0.5, 0.6) is 0 Å². The summed E-state index contributed by atoms with van der Waals surface area (Å²) in [7, 11) is -2.10. The van der Waals surface area contributed by atoms with Crippen LogP contribution in [-0.2, 0) is 16.6 Å². The number of nitrogens with two attached hydrogens (primary N) is 1. The number of unbranched alkanes of at least 4 members (excludes halogenated alkanes) is 2. The SMILES string of the molecule is CCCCCN(C)S(=O)(=O)c1cc(Cl)cc(CN)c1Cl. The maximum atomic E-state index is 12.5. The van der Waals surface area contributed by atoms with Gasteiger partial charge in [0, 0.05) is 25.2 Å². The van der Waals surface area contributed by atoms with Crippen molar-refractivity contribution >= 4 is 33.2 Å². The predicted octanol–water partition coefficient (Wildman–Crippen LogP) is 3.26. The van der Waals surface area contributed by atoms with Gasteiger partial charge in [0.05, 0.1) is 5.02 Å². The van der Waals surface area contributed by atoms with Crippen molar-refractivity contribution in [1.82, 2.24) is 4.31 Å². The van der Waals surface area contributed by atoms with Gasteiger partial charge < -0.3 is 5.73 Å². The molecule has 0 aromatic heterocycles. The van der Waals surface area contributed by atoms with Crippen LogP contribution in [0.25, 0.3) is 0 Å². The van der Waals surface area contributed by atoms with E-state index < -0.39 is 10.0 Å². The third-order valence-electron chi connectivity index (χ3n) is 3.06. The van der Waals surface area contributed by atoms with E-state index in [0.717, 1.165) is 19.3 Å². The highest BCUT2D eigenvalue weighted by atomic mass is 35.5. The predicted molar refractivity (Wildman–Crippen MR) is 83.7 cm³/mol. The Morgan fingerprint density at radius 3 is 2.45 bits per heavy atom. The Morgan fingerprint density at radius 1 is 1.25 bits per heavy atom. The number of benzene rings is 1. The molecule has 7 heteroatoms. The van der Waals surface area contributed by atoms with E-state index in [2.05, 4.69) is 6.92 Å². The topological polar surface area (TPSA) is 63.4 Å². The van der Waals surface area contributed by atoms with Gasteiger partial charge in [-0.2, -0.15) is 0 Å². The van der Waals surface area contributed by atoms with Gasteiger partial charge in [-0.1, -0.05) is 43.0 Å². The van der Waals surface area contributed by atoms with E-state index >= 15 is 0 Å². The Kier molecular flexibility index (Phi) is 6.75. The van der Waals surface area contributed by atoms with Crippen LogP contribution in [0.15, 0.2) is 17.0 Å². The highest BCUT2D eigenvalue weighted by Crippen LogP contribution is 2.31. The van der Waals surface area contributed by atoms with Gasteiger partial charge in [-0.05, 0) is 24.1 Å². The van der Waals surface area contributed by atoms with Crippen LogP contribution in [0, 0.1) is 0 Å².